The molecule has 0 bridgehead atoms. The quantitative estimate of drug-likeness (QED) is 0.655. The molecule has 8 heteroatoms. The number of hydrogen-bond donors (Lipinski definition) is 1. The number of hydrogen-bond acceptors (Lipinski definition) is 5. The Morgan fingerprint density at radius 2 is 1.75 bits per heavy atom. The monoisotopic (exact) mass is 419 g/mol. The molecule has 0 unspecified atom stereocenters. The average Bonchev–Trinajstić information content (AvgIpc) is 3.10. The van der Waals surface area contributed by atoms with E-state index in [1.807, 2.05) is 5.38 Å². The van der Waals surface area contributed by atoms with E-state index >= 15 is 0 Å². The molecule has 1 heterocycles. The zero-order chi connectivity index (χ0) is 20.9. The smallest absolute Gasteiger partial charge is 0.257 e. The molecule has 150 valence electrons. The summed E-state index contributed by atoms with van der Waals surface area (Å²) in [5, 5.41) is 5.18. The van der Waals surface area contributed by atoms with Crippen molar-refractivity contribution in [3.8, 4) is 0 Å². The minimum Gasteiger partial charge on any atom is -0.298 e. The van der Waals surface area contributed by atoms with Gasteiger partial charge in [-0.15, -0.1) is 24.5 Å². The van der Waals surface area contributed by atoms with Crippen molar-refractivity contribution >= 4 is 32.4 Å². The highest BCUT2D eigenvalue weighted by Crippen LogP contribution is 2.26. The molecule has 0 saturated heterocycles. The Labute approximate surface area is 170 Å². The van der Waals surface area contributed by atoms with E-state index in [4.69, 9.17) is 0 Å². The van der Waals surface area contributed by atoms with Crippen LogP contribution in [0.15, 0.2) is 59.9 Å². The molecule has 28 heavy (non-hydrogen) atoms. The van der Waals surface area contributed by atoms with Crippen LogP contribution in [0, 0.1) is 0 Å². The number of carbonyl (C=O) groups excluding carboxylic acids is 1. The summed E-state index contributed by atoms with van der Waals surface area (Å²) in [6.07, 6.45) is 3.03. The number of nitrogens with one attached hydrogen (secondary N) is 1. The van der Waals surface area contributed by atoms with Crippen LogP contribution in [0.2, 0.25) is 0 Å². The van der Waals surface area contributed by atoms with E-state index < -0.39 is 10.0 Å². The fourth-order valence-corrected chi connectivity index (χ4v) is 4.64. The number of aromatic nitrogens is 1. The van der Waals surface area contributed by atoms with Crippen LogP contribution in [0.25, 0.3) is 0 Å². The minimum absolute atomic E-state index is 0.0990. The van der Waals surface area contributed by atoms with Crippen LogP contribution < -0.4 is 5.32 Å². The first-order chi connectivity index (χ1) is 13.1. The van der Waals surface area contributed by atoms with Crippen molar-refractivity contribution in [2.75, 3.05) is 18.4 Å². The molecule has 0 aliphatic carbocycles. The number of nitrogens with zero attached hydrogens (tertiary/aromatic N) is 2. The summed E-state index contributed by atoms with van der Waals surface area (Å²) in [6, 6.07) is 5.82. The van der Waals surface area contributed by atoms with E-state index in [1.54, 1.807) is 0 Å². The van der Waals surface area contributed by atoms with E-state index in [2.05, 4.69) is 44.2 Å². The third-order valence-corrected chi connectivity index (χ3v) is 6.52. The predicted octanol–water partition coefficient (Wildman–Crippen LogP) is 4.06. The van der Waals surface area contributed by atoms with Gasteiger partial charge in [0.15, 0.2) is 5.13 Å². The number of thiazole rings is 1. The third-order valence-electron chi connectivity index (χ3n) is 3.91. The van der Waals surface area contributed by atoms with E-state index in [9.17, 15) is 13.2 Å². The molecule has 0 spiro atoms. The van der Waals surface area contributed by atoms with Crippen molar-refractivity contribution < 1.29 is 13.2 Å². The summed E-state index contributed by atoms with van der Waals surface area (Å²) in [5.41, 5.74) is 1.15. The van der Waals surface area contributed by atoms with Crippen molar-refractivity contribution in [1.29, 1.82) is 0 Å². The molecule has 0 radical (unpaired) electrons. The first-order valence-electron chi connectivity index (χ1n) is 8.69. The van der Waals surface area contributed by atoms with E-state index in [-0.39, 0.29) is 29.3 Å². The highest BCUT2D eigenvalue weighted by atomic mass is 32.2. The fraction of sp³-hybridized carbons (Fsp3) is 0.300. The summed E-state index contributed by atoms with van der Waals surface area (Å²) in [7, 11) is -3.69. The minimum atomic E-state index is -3.69. The van der Waals surface area contributed by atoms with Gasteiger partial charge >= 0.3 is 0 Å². The van der Waals surface area contributed by atoms with E-state index in [1.165, 1.54) is 52.1 Å². The van der Waals surface area contributed by atoms with E-state index in [0.717, 1.165) is 5.69 Å². The van der Waals surface area contributed by atoms with Gasteiger partial charge in [-0.05, 0) is 24.3 Å². The van der Waals surface area contributed by atoms with Crippen molar-refractivity contribution in [3.05, 3.63) is 66.2 Å². The SMILES string of the molecule is C=CCN(CC=C)S(=O)(=O)c1ccc(C(=O)Nc2nc(C(C)(C)C)cs2)cc1. The van der Waals surface area contributed by atoms with Gasteiger partial charge in [0.05, 0.1) is 10.6 Å². The average molecular weight is 420 g/mol. The first-order valence-corrected chi connectivity index (χ1v) is 11.0. The van der Waals surface area contributed by atoms with E-state index in [0.29, 0.717) is 10.7 Å². The Kier molecular flexibility index (Phi) is 6.92. The number of benzene rings is 1. The Morgan fingerprint density at radius 3 is 2.21 bits per heavy atom. The predicted molar refractivity (Wildman–Crippen MR) is 114 cm³/mol. The van der Waals surface area contributed by atoms with Gasteiger partial charge in [-0.2, -0.15) is 4.31 Å². The van der Waals surface area contributed by atoms with Gasteiger partial charge in [0.2, 0.25) is 10.0 Å². The summed E-state index contributed by atoms with van der Waals surface area (Å²) in [5.74, 6) is -0.340. The van der Waals surface area contributed by atoms with Crippen LogP contribution in [0.4, 0.5) is 5.13 Å². The van der Waals surface area contributed by atoms with Crippen molar-refractivity contribution in [2.45, 2.75) is 31.1 Å². The van der Waals surface area contributed by atoms with Crippen LogP contribution in [-0.2, 0) is 15.4 Å². The van der Waals surface area contributed by atoms with Gasteiger partial charge in [-0.1, -0.05) is 32.9 Å². The standard InChI is InChI=1S/C20H25N3O3S2/c1-6-12-23(13-7-2)28(25,26)16-10-8-15(9-11-16)18(24)22-19-21-17(14-27-19)20(3,4)5/h6-11,14H,1-2,12-13H2,3-5H3,(H,21,22,24). The van der Waals surface area contributed by atoms with Crippen LogP contribution >= 0.6 is 11.3 Å². The second kappa shape index (κ2) is 8.81. The number of carbonyl (C=O) groups is 1. The summed E-state index contributed by atoms with van der Waals surface area (Å²) >= 11 is 1.36. The van der Waals surface area contributed by atoms with Crippen LogP contribution in [0.1, 0.15) is 36.8 Å². The molecular weight excluding hydrogens is 394 g/mol. The lowest BCUT2D eigenvalue weighted by atomic mass is 9.93. The molecule has 1 amide bonds. The molecule has 0 atom stereocenters. The highest BCUT2D eigenvalue weighted by molar-refractivity contribution is 7.89. The zero-order valence-electron chi connectivity index (χ0n) is 16.3. The molecule has 0 aliphatic rings. The summed E-state index contributed by atoms with van der Waals surface area (Å²) < 4.78 is 26.7. The molecule has 1 N–H and O–H groups in total. The van der Waals surface area contributed by atoms with Crippen molar-refractivity contribution in [2.24, 2.45) is 0 Å². The number of rotatable bonds is 8. The molecule has 1 aromatic carbocycles. The van der Waals surface area contributed by atoms with Gasteiger partial charge in [0.25, 0.3) is 5.91 Å². The van der Waals surface area contributed by atoms with Crippen LogP contribution in [-0.4, -0.2) is 36.7 Å². The maximum absolute atomic E-state index is 12.7. The zero-order valence-corrected chi connectivity index (χ0v) is 17.9. The van der Waals surface area contributed by atoms with Gasteiger partial charge < -0.3 is 0 Å². The molecule has 2 aromatic rings. The van der Waals surface area contributed by atoms with Gasteiger partial charge in [0, 0.05) is 29.4 Å². The normalized spacial score (nSPS) is 12.0. The molecule has 1 aromatic heterocycles. The number of anilines is 1. The first kappa shape index (κ1) is 22.0. The maximum Gasteiger partial charge on any atom is 0.257 e. The van der Waals surface area contributed by atoms with Crippen molar-refractivity contribution in [1.82, 2.24) is 9.29 Å². The molecule has 0 saturated carbocycles. The number of sulfonamides is 1. The molecular formula is C20H25N3O3S2. The topological polar surface area (TPSA) is 79.4 Å². The largest absolute Gasteiger partial charge is 0.298 e. The third kappa shape index (κ3) is 5.15. The lowest BCUT2D eigenvalue weighted by molar-refractivity contribution is 0.102. The fourth-order valence-electron chi connectivity index (χ4n) is 2.33. The molecule has 0 fully saturated rings. The molecule has 6 nitrogen and oxygen atoms in total. The second-order valence-electron chi connectivity index (χ2n) is 7.17. The second-order valence-corrected chi connectivity index (χ2v) is 9.96. The Balaban J connectivity index is 2.17. The molecule has 0 aliphatic heterocycles. The van der Waals surface area contributed by atoms with Crippen LogP contribution in [0.5, 0.6) is 0 Å². The summed E-state index contributed by atoms with van der Waals surface area (Å²) in [6.45, 7) is 13.7. The Hall–Kier alpha value is -2.29. The number of amides is 1. The van der Waals surface area contributed by atoms with Crippen LogP contribution in [0.3, 0.4) is 0 Å². The van der Waals surface area contributed by atoms with Gasteiger partial charge in [-0.3, -0.25) is 10.1 Å². The Bertz CT molecular complexity index is 945. The maximum atomic E-state index is 12.7. The highest BCUT2D eigenvalue weighted by Gasteiger charge is 2.23. The molecule has 2 rings (SSSR count). The Morgan fingerprint density at radius 1 is 1.18 bits per heavy atom. The lowest BCUT2D eigenvalue weighted by Crippen LogP contribution is -2.31. The van der Waals surface area contributed by atoms with Gasteiger partial charge in [-0.25, -0.2) is 13.4 Å². The van der Waals surface area contributed by atoms with Crippen molar-refractivity contribution in [3.63, 3.8) is 0 Å². The summed E-state index contributed by atoms with van der Waals surface area (Å²) in [4.78, 5) is 17.0. The van der Waals surface area contributed by atoms with Gasteiger partial charge in [0.1, 0.15) is 0 Å². The lowest BCUT2D eigenvalue weighted by Gasteiger charge is -2.19.